The fraction of sp³-hybridized carbons (Fsp3) is 0.615. The van der Waals surface area contributed by atoms with Crippen LogP contribution in [0.3, 0.4) is 0 Å². The van der Waals surface area contributed by atoms with E-state index in [1.807, 2.05) is 0 Å². The molecule has 0 atom stereocenters. The normalized spacial score (nSPS) is 16.8. The van der Waals surface area contributed by atoms with Crippen molar-refractivity contribution < 1.29 is 14.7 Å². The van der Waals surface area contributed by atoms with Crippen LogP contribution in [0.5, 0.6) is 0 Å². The van der Waals surface area contributed by atoms with Gasteiger partial charge in [-0.25, -0.2) is 9.78 Å². The van der Waals surface area contributed by atoms with Gasteiger partial charge in [-0.15, -0.1) is 0 Å². The van der Waals surface area contributed by atoms with Crippen molar-refractivity contribution in [3.8, 4) is 0 Å². The molecule has 0 aliphatic heterocycles. The highest BCUT2D eigenvalue weighted by Gasteiger charge is 2.15. The van der Waals surface area contributed by atoms with Gasteiger partial charge in [0, 0.05) is 12.2 Å². The van der Waals surface area contributed by atoms with Gasteiger partial charge in [0.05, 0.1) is 6.33 Å². The zero-order chi connectivity index (χ0) is 13.7. The van der Waals surface area contributed by atoms with E-state index in [0.29, 0.717) is 0 Å². The Hall–Kier alpha value is -1.85. The van der Waals surface area contributed by atoms with Gasteiger partial charge in [0.1, 0.15) is 6.54 Å². The summed E-state index contributed by atoms with van der Waals surface area (Å²) in [6.07, 6.45) is 9.64. The number of rotatable bonds is 4. The van der Waals surface area contributed by atoms with Crippen LogP contribution in [0.4, 0.5) is 0 Å². The van der Waals surface area contributed by atoms with E-state index >= 15 is 0 Å². The van der Waals surface area contributed by atoms with Crippen LogP contribution in [0.25, 0.3) is 0 Å². The zero-order valence-corrected chi connectivity index (χ0v) is 10.8. The van der Waals surface area contributed by atoms with Gasteiger partial charge in [-0.3, -0.25) is 4.79 Å². The van der Waals surface area contributed by atoms with Crippen LogP contribution in [0.2, 0.25) is 0 Å². The van der Waals surface area contributed by atoms with E-state index in [4.69, 9.17) is 5.11 Å². The topological polar surface area (TPSA) is 84.2 Å². The Morgan fingerprint density at radius 1 is 1.32 bits per heavy atom. The molecule has 1 aliphatic carbocycles. The van der Waals surface area contributed by atoms with Crippen molar-refractivity contribution in [1.82, 2.24) is 14.9 Å². The molecule has 1 fully saturated rings. The predicted octanol–water partition coefficient (Wildman–Crippen LogP) is 1.42. The van der Waals surface area contributed by atoms with Gasteiger partial charge in [0.2, 0.25) is 5.91 Å². The van der Waals surface area contributed by atoms with Crippen LogP contribution in [-0.4, -0.2) is 32.6 Å². The first-order chi connectivity index (χ1) is 9.15. The van der Waals surface area contributed by atoms with Crippen molar-refractivity contribution >= 4 is 11.9 Å². The number of imidazole rings is 1. The zero-order valence-electron chi connectivity index (χ0n) is 10.8. The summed E-state index contributed by atoms with van der Waals surface area (Å²) in [7, 11) is 0. The van der Waals surface area contributed by atoms with Crippen molar-refractivity contribution in [3.63, 3.8) is 0 Å². The minimum absolute atomic E-state index is 0.0396. The molecular weight excluding hydrogens is 246 g/mol. The highest BCUT2D eigenvalue weighted by Crippen LogP contribution is 2.17. The molecule has 1 heterocycles. The Morgan fingerprint density at radius 2 is 2.00 bits per heavy atom. The number of hydrogen-bond acceptors (Lipinski definition) is 3. The minimum Gasteiger partial charge on any atom is -0.476 e. The molecule has 1 aromatic rings. The number of carbonyl (C=O) groups excluding carboxylic acids is 1. The van der Waals surface area contributed by atoms with Gasteiger partial charge in [-0.05, 0) is 12.8 Å². The summed E-state index contributed by atoms with van der Waals surface area (Å²) < 4.78 is 1.50. The fourth-order valence-corrected chi connectivity index (χ4v) is 2.42. The maximum atomic E-state index is 11.9. The van der Waals surface area contributed by atoms with E-state index in [0.717, 1.165) is 12.8 Å². The van der Waals surface area contributed by atoms with Crippen LogP contribution < -0.4 is 5.32 Å². The largest absolute Gasteiger partial charge is 0.476 e. The number of hydrogen-bond donors (Lipinski definition) is 2. The molecule has 19 heavy (non-hydrogen) atoms. The number of carbonyl (C=O) groups is 2. The monoisotopic (exact) mass is 265 g/mol. The van der Waals surface area contributed by atoms with Gasteiger partial charge in [0.15, 0.2) is 5.69 Å². The van der Waals surface area contributed by atoms with Crippen molar-refractivity contribution in [3.05, 3.63) is 18.2 Å². The van der Waals surface area contributed by atoms with Crippen LogP contribution in [0.15, 0.2) is 12.5 Å². The number of aromatic nitrogens is 2. The van der Waals surface area contributed by atoms with Gasteiger partial charge in [0.25, 0.3) is 0 Å². The molecular formula is C13H19N3O3. The molecule has 6 nitrogen and oxygen atoms in total. The second-order valence-electron chi connectivity index (χ2n) is 4.99. The number of nitrogens with zero attached hydrogens (tertiary/aromatic N) is 2. The quantitative estimate of drug-likeness (QED) is 0.806. The number of nitrogens with one attached hydrogen (secondary N) is 1. The summed E-state index contributed by atoms with van der Waals surface area (Å²) in [5, 5.41) is 11.8. The molecule has 0 aromatic carbocycles. The van der Waals surface area contributed by atoms with E-state index in [2.05, 4.69) is 10.3 Å². The average Bonchev–Trinajstić information content (AvgIpc) is 2.67. The summed E-state index contributed by atoms with van der Waals surface area (Å²) in [6.45, 7) is 0.122. The Kier molecular flexibility index (Phi) is 4.54. The highest BCUT2D eigenvalue weighted by atomic mass is 16.4. The third kappa shape index (κ3) is 4.08. The van der Waals surface area contributed by atoms with E-state index in [1.54, 1.807) is 0 Å². The molecule has 1 aromatic heterocycles. The molecule has 0 unspecified atom stereocenters. The van der Waals surface area contributed by atoms with Crippen molar-refractivity contribution in [2.45, 2.75) is 51.1 Å². The van der Waals surface area contributed by atoms with Crippen molar-refractivity contribution in [2.24, 2.45) is 0 Å². The molecule has 0 radical (unpaired) electrons. The lowest BCUT2D eigenvalue weighted by molar-refractivity contribution is -0.122. The molecule has 2 N–H and O–H groups in total. The Labute approximate surface area is 111 Å². The molecule has 0 saturated heterocycles. The smallest absolute Gasteiger partial charge is 0.356 e. The number of amides is 1. The lowest BCUT2D eigenvalue weighted by Gasteiger charge is -2.16. The van der Waals surface area contributed by atoms with Gasteiger partial charge < -0.3 is 15.0 Å². The molecule has 0 spiro atoms. The lowest BCUT2D eigenvalue weighted by Crippen LogP contribution is -2.36. The van der Waals surface area contributed by atoms with Crippen LogP contribution >= 0.6 is 0 Å². The SMILES string of the molecule is O=C(Cn1cnc(C(=O)O)c1)NC1CCCCCC1. The highest BCUT2D eigenvalue weighted by molar-refractivity contribution is 5.85. The van der Waals surface area contributed by atoms with Gasteiger partial charge >= 0.3 is 5.97 Å². The summed E-state index contributed by atoms with van der Waals surface area (Å²) >= 11 is 0. The Morgan fingerprint density at radius 3 is 2.58 bits per heavy atom. The lowest BCUT2D eigenvalue weighted by atomic mass is 10.1. The number of aromatic carboxylic acids is 1. The first-order valence-electron chi connectivity index (χ1n) is 6.69. The molecule has 1 saturated carbocycles. The molecule has 104 valence electrons. The van der Waals surface area contributed by atoms with Crippen molar-refractivity contribution in [2.75, 3.05) is 0 Å². The van der Waals surface area contributed by atoms with Crippen LogP contribution in [0, 0.1) is 0 Å². The Bertz CT molecular complexity index is 448. The van der Waals surface area contributed by atoms with Crippen LogP contribution in [-0.2, 0) is 11.3 Å². The van der Waals surface area contributed by atoms with Crippen LogP contribution in [0.1, 0.15) is 49.0 Å². The minimum atomic E-state index is -1.08. The summed E-state index contributed by atoms with van der Waals surface area (Å²) in [5.74, 6) is -1.16. The van der Waals surface area contributed by atoms with E-state index in [1.165, 1.54) is 42.8 Å². The molecule has 1 amide bonds. The number of carboxylic acids is 1. The third-order valence-corrected chi connectivity index (χ3v) is 3.40. The second kappa shape index (κ2) is 6.36. The summed E-state index contributed by atoms with van der Waals surface area (Å²) in [6, 6.07) is 0.262. The molecule has 6 heteroatoms. The maximum Gasteiger partial charge on any atom is 0.356 e. The first-order valence-corrected chi connectivity index (χ1v) is 6.69. The maximum absolute atomic E-state index is 11.9. The number of carboxylic acid groups (broad SMARTS) is 1. The summed E-state index contributed by atoms with van der Waals surface area (Å²) in [4.78, 5) is 26.3. The second-order valence-corrected chi connectivity index (χ2v) is 4.99. The Balaban J connectivity index is 1.84. The summed E-state index contributed by atoms with van der Waals surface area (Å²) in [5.41, 5.74) is -0.0396. The average molecular weight is 265 g/mol. The third-order valence-electron chi connectivity index (χ3n) is 3.40. The van der Waals surface area contributed by atoms with E-state index in [9.17, 15) is 9.59 Å². The van der Waals surface area contributed by atoms with Crippen molar-refractivity contribution in [1.29, 1.82) is 0 Å². The van der Waals surface area contributed by atoms with E-state index in [-0.39, 0.29) is 24.2 Å². The molecule has 1 aliphatic rings. The fourth-order valence-electron chi connectivity index (χ4n) is 2.42. The molecule has 0 bridgehead atoms. The van der Waals surface area contributed by atoms with E-state index < -0.39 is 5.97 Å². The predicted molar refractivity (Wildman–Crippen MR) is 68.8 cm³/mol. The molecule has 2 rings (SSSR count). The first kappa shape index (κ1) is 13.6. The van der Waals surface area contributed by atoms with Gasteiger partial charge in [-0.2, -0.15) is 0 Å². The standard InChI is InChI=1S/C13H19N3O3/c17-12(15-10-5-3-1-2-4-6-10)8-16-7-11(13(18)19)14-9-16/h7,9-10H,1-6,8H2,(H,15,17)(H,18,19). The van der Waals surface area contributed by atoms with Gasteiger partial charge in [-0.1, -0.05) is 25.7 Å².